The molecule has 0 amide bonds. The molecule has 133 heavy (non-hydrogen) atoms. The molecule has 0 atom stereocenters. The summed E-state index contributed by atoms with van der Waals surface area (Å²) in [5.41, 5.74) is 25.7. The van der Waals surface area contributed by atoms with E-state index in [2.05, 4.69) is 442 Å². The third kappa shape index (κ3) is 12.9. The number of fused-ring (bicyclic) bond motifs is 21. The molecule has 3 aliphatic heterocycles. The van der Waals surface area contributed by atoms with Crippen LogP contribution in [0.4, 0.5) is 51.7 Å². The highest BCUT2D eigenvalue weighted by molar-refractivity contribution is 7.34. The molecule has 8 aromatic heterocycles. The summed E-state index contributed by atoms with van der Waals surface area (Å²) in [5.74, 6) is 3.72. The first-order valence-corrected chi connectivity index (χ1v) is 47.4. The summed E-state index contributed by atoms with van der Waals surface area (Å²) in [6, 6.07) is 161. The SMILES string of the molecule is c1ccc(B2c3c(n(-c4ccccc4)c4ccccc34)N(c3nc(-c4ccccc4)nc(-c4ccccc4)n3)c3c2c2ccccc2n3-c2ccccc2)cc1.c1ccc(B2c3oc4ccccc4c3N(c3ccc(-c4ccccc4)cc3)c3c2sc2ccccc32)cc1.c1ccc(B2c3oc4ccccc4c3N(c3ccc4sc5ccccc5c4c3)c3c2sc2ccccc32)cc1. The van der Waals surface area contributed by atoms with E-state index in [1.165, 1.54) is 110 Å². The van der Waals surface area contributed by atoms with Crippen LogP contribution in [0.5, 0.6) is 0 Å². The van der Waals surface area contributed by atoms with Gasteiger partial charge in [-0.05, 0) is 142 Å². The minimum atomic E-state index is -0.119. The summed E-state index contributed by atoms with van der Waals surface area (Å²) in [5, 5.41) is 9.79. The van der Waals surface area contributed by atoms with Gasteiger partial charge in [-0.3, -0.25) is 9.13 Å². The van der Waals surface area contributed by atoms with E-state index in [-0.39, 0.29) is 20.1 Å². The third-order valence-electron chi connectivity index (χ3n) is 26.3. The van der Waals surface area contributed by atoms with Gasteiger partial charge in [0.25, 0.3) is 6.71 Å². The Labute approximate surface area is 780 Å². The molecular weight excluding hydrogens is 1680 g/mol. The predicted molar refractivity (Wildman–Crippen MR) is 563 cm³/mol. The number of rotatable bonds is 11. The first kappa shape index (κ1) is 77.8. The lowest BCUT2D eigenvalue weighted by molar-refractivity contribution is 0.651. The second-order valence-corrected chi connectivity index (χ2v) is 37.1. The number of benzene rings is 17. The molecule has 11 heterocycles. The van der Waals surface area contributed by atoms with Crippen molar-refractivity contribution in [1.82, 2.24) is 24.1 Å². The second-order valence-electron chi connectivity index (χ2n) is 33.8. The van der Waals surface area contributed by atoms with Crippen LogP contribution in [0.2, 0.25) is 0 Å². The Hall–Kier alpha value is -16.4. The zero-order valence-electron chi connectivity index (χ0n) is 71.7. The Morgan fingerprint density at radius 2 is 0.564 bits per heavy atom. The molecule has 0 spiro atoms. The second kappa shape index (κ2) is 32.4. The van der Waals surface area contributed by atoms with Crippen LogP contribution < -0.4 is 62.9 Å². The fourth-order valence-electron chi connectivity index (χ4n) is 20.6. The smallest absolute Gasteiger partial charge is 0.305 e. The molecular formula is C117H75B3N8O2S3. The normalized spacial score (nSPS) is 12.6. The fraction of sp³-hybridized carbons (Fsp3) is 0. The molecule has 0 fully saturated rings. The van der Waals surface area contributed by atoms with E-state index in [1.54, 1.807) is 0 Å². The monoisotopic (exact) mass is 1750 g/mol. The van der Waals surface area contributed by atoms with Crippen LogP contribution in [-0.2, 0) is 0 Å². The van der Waals surface area contributed by atoms with E-state index in [9.17, 15) is 0 Å². The van der Waals surface area contributed by atoms with Crippen molar-refractivity contribution < 1.29 is 8.83 Å². The van der Waals surface area contributed by atoms with Crippen molar-refractivity contribution in [1.29, 1.82) is 0 Å². The minimum Gasteiger partial charge on any atom is -0.468 e. The number of nitrogens with zero attached hydrogens (tertiary/aromatic N) is 8. The van der Waals surface area contributed by atoms with Crippen LogP contribution in [0.15, 0.2) is 464 Å². The molecule has 0 unspecified atom stereocenters. The highest BCUT2D eigenvalue weighted by atomic mass is 32.1. The van der Waals surface area contributed by atoms with Gasteiger partial charge in [0.15, 0.2) is 11.6 Å². The average molecular weight is 1750 g/mol. The Bertz CT molecular complexity index is 8410. The lowest BCUT2D eigenvalue weighted by Gasteiger charge is -2.35. The van der Waals surface area contributed by atoms with Crippen molar-refractivity contribution in [3.8, 4) is 45.3 Å². The molecule has 17 aromatic carbocycles. The highest BCUT2D eigenvalue weighted by Gasteiger charge is 2.48. The van der Waals surface area contributed by atoms with E-state index in [0.717, 1.165) is 101 Å². The summed E-state index contributed by atoms with van der Waals surface area (Å²) >= 11 is 5.62. The van der Waals surface area contributed by atoms with E-state index in [1.807, 2.05) is 70.4 Å². The molecule has 0 N–H and O–H groups in total. The first-order valence-electron chi connectivity index (χ1n) is 45.0. The van der Waals surface area contributed by atoms with Gasteiger partial charge in [0.05, 0.1) is 33.8 Å². The average Bonchev–Trinajstić information content (AvgIpc) is 1.53. The molecule has 0 aliphatic carbocycles. The van der Waals surface area contributed by atoms with Gasteiger partial charge in [-0.2, -0.15) is 9.97 Å². The maximum Gasteiger partial charge on any atom is 0.305 e. The lowest BCUT2D eigenvalue weighted by Crippen LogP contribution is -2.57. The topological polar surface area (TPSA) is 84.5 Å². The molecule has 10 nitrogen and oxygen atoms in total. The van der Waals surface area contributed by atoms with Gasteiger partial charge < -0.3 is 18.6 Å². The van der Waals surface area contributed by atoms with Crippen LogP contribution >= 0.6 is 34.0 Å². The van der Waals surface area contributed by atoms with Crippen molar-refractivity contribution in [3.63, 3.8) is 0 Å². The van der Waals surface area contributed by atoms with E-state index >= 15 is 0 Å². The van der Waals surface area contributed by atoms with Crippen LogP contribution in [0.25, 0.3) is 129 Å². The van der Waals surface area contributed by atoms with Crippen LogP contribution in [-0.4, -0.2) is 44.2 Å². The Morgan fingerprint density at radius 1 is 0.226 bits per heavy atom. The quantitative estimate of drug-likeness (QED) is 0.118. The number of hydrogen-bond donors (Lipinski definition) is 0. The van der Waals surface area contributed by atoms with Crippen molar-refractivity contribution in [3.05, 3.63) is 455 Å². The van der Waals surface area contributed by atoms with Crippen molar-refractivity contribution >= 4 is 238 Å². The summed E-state index contributed by atoms with van der Waals surface area (Å²) in [6.45, 7) is -0.0556. The molecule has 3 aliphatic rings. The lowest BCUT2D eigenvalue weighted by atomic mass is 9.35. The molecule has 16 heteroatoms. The zero-order chi connectivity index (χ0) is 87.6. The van der Waals surface area contributed by atoms with Crippen LogP contribution in [0.3, 0.4) is 0 Å². The van der Waals surface area contributed by atoms with Gasteiger partial charge in [-0.25, -0.2) is 9.88 Å². The maximum atomic E-state index is 6.77. The Balaban J connectivity index is 0.000000107. The number of thiophene rings is 3. The van der Waals surface area contributed by atoms with Crippen molar-refractivity contribution in [2.75, 3.05) is 14.7 Å². The van der Waals surface area contributed by atoms with Gasteiger partial charge in [0.1, 0.15) is 34.1 Å². The maximum absolute atomic E-state index is 6.77. The Morgan fingerprint density at radius 3 is 1.02 bits per heavy atom. The largest absolute Gasteiger partial charge is 0.468 e. The van der Waals surface area contributed by atoms with E-state index < -0.39 is 0 Å². The van der Waals surface area contributed by atoms with Gasteiger partial charge in [0, 0.05) is 94.5 Å². The summed E-state index contributed by atoms with van der Waals surface area (Å²) in [6.07, 6.45) is 0. The predicted octanol–water partition coefficient (Wildman–Crippen LogP) is 25.3. The van der Waals surface area contributed by atoms with Gasteiger partial charge in [-0.15, -0.1) is 34.0 Å². The van der Waals surface area contributed by atoms with Gasteiger partial charge in [0.2, 0.25) is 5.95 Å². The molecule has 0 radical (unpaired) electrons. The van der Waals surface area contributed by atoms with E-state index in [0.29, 0.717) is 17.6 Å². The fourth-order valence-corrected chi connectivity index (χ4v) is 24.3. The number of hydrogen-bond acceptors (Lipinski definition) is 11. The number of furan rings is 2. The van der Waals surface area contributed by atoms with E-state index in [4.69, 9.17) is 23.8 Å². The molecule has 0 bridgehead atoms. The third-order valence-corrected chi connectivity index (χ3v) is 29.9. The number of para-hydroxylation sites is 6. The minimum absolute atomic E-state index is 0.0305. The summed E-state index contributed by atoms with van der Waals surface area (Å²) < 4.78 is 26.1. The zero-order valence-corrected chi connectivity index (χ0v) is 74.1. The van der Waals surface area contributed by atoms with Crippen molar-refractivity contribution in [2.24, 2.45) is 0 Å². The summed E-state index contributed by atoms with van der Waals surface area (Å²) in [7, 11) is 0. The number of anilines is 9. The molecule has 25 aromatic rings. The summed E-state index contributed by atoms with van der Waals surface area (Å²) in [4.78, 5) is 23.2. The molecule has 0 saturated heterocycles. The van der Waals surface area contributed by atoms with Crippen LogP contribution in [0, 0.1) is 0 Å². The molecule has 0 saturated carbocycles. The first-order chi connectivity index (χ1) is 66.0. The molecule has 28 rings (SSSR count). The molecule has 622 valence electrons. The van der Waals surface area contributed by atoms with Gasteiger partial charge in [-0.1, -0.05) is 362 Å². The standard InChI is InChI=1S/C49H33BN6.C34H20BNOS2.C34H22BNOS/c1-6-20-34(21-7-1)45-51-46(35-22-8-2-9-23-35)53-49(52-45)56-47-43(39-30-16-18-32-41(39)54(47)37-26-12-4-13-27-37)50(36-24-10-3-11-25-36)44-40-31-17-19-33-42(40)55(48(44)56)38-28-14-5-15-29-38;1-2-10-21(11-3-1)35-33-31(24-13-4-7-15-27(24)37-33)36(32-25-14-6-9-17-29(25)39-34(32)35)22-18-19-30-26(20-22)23-12-5-8-16-28(23)38-30;1-3-11-23(12-4-1)24-19-21-26(22-20-24)36-31-27-15-7-9-17-29(27)37-33(31)35(25-13-5-2-6-14-25)34-32(36)28-16-8-10-18-30(28)38-34/h1-33H;1-20H;1-22H. The van der Waals surface area contributed by atoms with Gasteiger partial charge >= 0.3 is 13.4 Å². The highest BCUT2D eigenvalue weighted by Crippen LogP contribution is 2.52. The van der Waals surface area contributed by atoms with Crippen molar-refractivity contribution in [2.45, 2.75) is 0 Å². The number of aromatic nitrogens is 5. The Kier molecular flexibility index (Phi) is 18.9. The van der Waals surface area contributed by atoms with Crippen LogP contribution in [0.1, 0.15) is 0 Å².